The Balaban J connectivity index is 0.000000110. The molecule has 0 fully saturated rings. The summed E-state index contributed by atoms with van der Waals surface area (Å²) in [5, 5.41) is 21.9. The number of hydrogen-bond acceptors (Lipinski definition) is 15. The number of thiazole rings is 3. The Kier molecular flexibility index (Phi) is 20.9. The summed E-state index contributed by atoms with van der Waals surface area (Å²) in [6.45, 7) is 0. The molecule has 0 atom stereocenters. The van der Waals surface area contributed by atoms with Crippen LogP contribution in [0.1, 0.15) is 0 Å². The molecule has 21 aromatic carbocycles. The Morgan fingerprint density at radius 2 is 0.394 bits per heavy atom. The highest BCUT2D eigenvalue weighted by atomic mass is 32.1. The fraction of sp³-hybridized carbons (Fsp3) is 0. The molecular formula is C122H74N12S3. The van der Waals surface area contributed by atoms with Crippen LogP contribution in [0.5, 0.6) is 0 Å². The lowest BCUT2D eigenvalue weighted by Crippen LogP contribution is -2.00. The minimum absolute atomic E-state index is 0.635. The fourth-order valence-corrected chi connectivity index (χ4v) is 21.4. The van der Waals surface area contributed by atoms with Gasteiger partial charge in [-0.15, -0.1) is 34.0 Å². The van der Waals surface area contributed by atoms with Crippen LogP contribution >= 0.6 is 34.0 Å². The van der Waals surface area contributed by atoms with E-state index >= 15 is 0 Å². The van der Waals surface area contributed by atoms with Gasteiger partial charge in [0.2, 0.25) is 0 Å². The van der Waals surface area contributed by atoms with Gasteiger partial charge in [-0.1, -0.05) is 400 Å². The van der Waals surface area contributed by atoms with E-state index < -0.39 is 0 Å². The van der Waals surface area contributed by atoms with Crippen molar-refractivity contribution in [1.82, 2.24) is 59.8 Å². The molecule has 12 nitrogen and oxygen atoms in total. The molecule has 15 heteroatoms. The van der Waals surface area contributed by atoms with E-state index in [0.717, 1.165) is 131 Å². The quantitative estimate of drug-likeness (QED) is 0.101. The molecule has 0 amide bonds. The molecule has 0 aliphatic carbocycles. The normalized spacial score (nSPS) is 11.5. The van der Waals surface area contributed by atoms with Crippen LogP contribution in [0.15, 0.2) is 449 Å². The van der Waals surface area contributed by atoms with E-state index in [0.29, 0.717) is 52.4 Å². The van der Waals surface area contributed by atoms with Gasteiger partial charge in [0, 0.05) is 82.9 Å². The molecule has 0 spiro atoms. The molecule has 6 aromatic heterocycles. The first-order chi connectivity index (χ1) is 67.8. The number of benzene rings is 21. The zero-order valence-corrected chi connectivity index (χ0v) is 75.8. The van der Waals surface area contributed by atoms with Gasteiger partial charge in [-0.3, -0.25) is 0 Å². The second-order valence-electron chi connectivity index (χ2n) is 33.7. The molecule has 0 radical (unpaired) electrons. The summed E-state index contributed by atoms with van der Waals surface area (Å²) >= 11 is 5.23. The summed E-state index contributed by atoms with van der Waals surface area (Å²) in [6.07, 6.45) is 0. The van der Waals surface area contributed by atoms with Crippen molar-refractivity contribution in [3.63, 3.8) is 0 Å². The van der Waals surface area contributed by atoms with Crippen molar-refractivity contribution in [3.8, 4) is 145 Å². The van der Waals surface area contributed by atoms with E-state index in [2.05, 4.69) is 285 Å². The SMILES string of the molecule is c1ccc(-c2cccc(-c3nc(-c4ccccc4)nc(-c4ccc5c(ccc6ccc7sc(-c8cccc9ccccc89)nc7c65)c4)n3)c2)cc1.c1ccc(-c2nc(-c3ccccc3)nc(-c3ccc4c(ccc5ccc6sc(-c7ccc8ccccc8c7)nc6c54)c3)n2)cc1.c1ccc(-c2nc(-c3ccccc3)nc(-c3ccc4c(ccc5ccc6sc(-c7ccccc7)nc6c54)c3)n2)cc1. The predicted molar refractivity (Wildman–Crippen MR) is 570 cm³/mol. The zero-order chi connectivity index (χ0) is 90.6. The smallest absolute Gasteiger partial charge is 0.164 e. The van der Waals surface area contributed by atoms with Gasteiger partial charge >= 0.3 is 0 Å². The van der Waals surface area contributed by atoms with E-state index in [4.69, 9.17) is 59.8 Å². The first kappa shape index (κ1) is 81.4. The third kappa shape index (κ3) is 15.8. The zero-order valence-electron chi connectivity index (χ0n) is 73.3. The minimum atomic E-state index is 0.635. The highest BCUT2D eigenvalue weighted by Gasteiger charge is 2.23. The second-order valence-corrected chi connectivity index (χ2v) is 36.8. The number of aromatic nitrogens is 12. The molecule has 0 N–H and O–H groups in total. The summed E-state index contributed by atoms with van der Waals surface area (Å²) in [7, 11) is 0. The van der Waals surface area contributed by atoms with E-state index in [1.807, 2.05) is 164 Å². The van der Waals surface area contributed by atoms with Crippen molar-refractivity contribution in [2.45, 2.75) is 0 Å². The maximum Gasteiger partial charge on any atom is 0.164 e. The average Bonchev–Trinajstić information content (AvgIpc) is 1.72. The highest BCUT2D eigenvalue weighted by Crippen LogP contribution is 2.45. The fourth-order valence-electron chi connectivity index (χ4n) is 18.4. The Morgan fingerprint density at radius 1 is 0.131 bits per heavy atom. The second kappa shape index (κ2) is 35.2. The maximum atomic E-state index is 5.30. The van der Waals surface area contributed by atoms with Crippen LogP contribution in [0.4, 0.5) is 0 Å². The van der Waals surface area contributed by atoms with Crippen molar-refractivity contribution in [2.75, 3.05) is 0 Å². The largest absolute Gasteiger partial charge is 0.235 e. The molecule has 0 aliphatic rings. The first-order valence-corrected chi connectivity index (χ1v) is 47.8. The summed E-state index contributed by atoms with van der Waals surface area (Å²) < 4.78 is 3.54. The van der Waals surface area contributed by atoms with E-state index in [-0.39, 0.29) is 0 Å². The van der Waals surface area contributed by atoms with Crippen LogP contribution in [-0.2, 0) is 0 Å². The number of hydrogen-bond donors (Lipinski definition) is 0. The molecule has 0 aliphatic heterocycles. The predicted octanol–water partition coefficient (Wildman–Crippen LogP) is 32.3. The van der Waals surface area contributed by atoms with Crippen LogP contribution in [0.25, 0.3) is 262 Å². The molecule has 27 aromatic rings. The van der Waals surface area contributed by atoms with Crippen LogP contribution in [0.2, 0.25) is 0 Å². The van der Waals surface area contributed by atoms with Gasteiger partial charge in [0.25, 0.3) is 0 Å². The summed E-state index contributed by atoms with van der Waals surface area (Å²) in [6, 6.07) is 155. The number of rotatable bonds is 13. The first-order valence-electron chi connectivity index (χ1n) is 45.4. The van der Waals surface area contributed by atoms with Crippen molar-refractivity contribution in [1.29, 1.82) is 0 Å². The van der Waals surface area contributed by atoms with Crippen LogP contribution < -0.4 is 0 Å². The molecule has 0 saturated carbocycles. The molecule has 6 heterocycles. The van der Waals surface area contributed by atoms with Crippen molar-refractivity contribution in [3.05, 3.63) is 449 Å². The summed E-state index contributed by atoms with van der Waals surface area (Å²) in [5.74, 6) is 5.84. The average molecular weight is 1800 g/mol. The molecule has 0 unspecified atom stereocenters. The van der Waals surface area contributed by atoms with Crippen molar-refractivity contribution < 1.29 is 0 Å². The molecule has 27 rings (SSSR count). The van der Waals surface area contributed by atoms with E-state index in [9.17, 15) is 0 Å². The Labute approximate surface area is 798 Å². The van der Waals surface area contributed by atoms with E-state index in [1.165, 1.54) is 78.9 Å². The van der Waals surface area contributed by atoms with Gasteiger partial charge in [0.05, 0.1) is 30.6 Å². The van der Waals surface area contributed by atoms with Gasteiger partial charge in [-0.2, -0.15) is 0 Å². The lowest BCUT2D eigenvalue weighted by Gasteiger charge is -2.11. The van der Waals surface area contributed by atoms with Crippen LogP contribution in [-0.4, -0.2) is 59.8 Å². The summed E-state index contributed by atoms with van der Waals surface area (Å²) in [5.41, 5.74) is 17.4. The van der Waals surface area contributed by atoms with E-state index in [1.54, 1.807) is 34.0 Å². The Morgan fingerprint density at radius 3 is 0.803 bits per heavy atom. The summed E-state index contributed by atoms with van der Waals surface area (Å²) in [4.78, 5) is 60.2. The number of nitrogens with zero attached hydrogens (tertiary/aromatic N) is 12. The lowest BCUT2D eigenvalue weighted by atomic mass is 9.99. The van der Waals surface area contributed by atoms with Crippen LogP contribution in [0.3, 0.4) is 0 Å². The lowest BCUT2D eigenvalue weighted by molar-refractivity contribution is 1.07. The van der Waals surface area contributed by atoms with Gasteiger partial charge in [0.15, 0.2) is 52.4 Å². The molecule has 0 saturated heterocycles. The third-order valence-electron chi connectivity index (χ3n) is 25.2. The van der Waals surface area contributed by atoms with Crippen molar-refractivity contribution in [2.24, 2.45) is 0 Å². The Hall–Kier alpha value is -17.6. The van der Waals surface area contributed by atoms with Crippen LogP contribution in [0, 0.1) is 0 Å². The monoisotopic (exact) mass is 1800 g/mol. The molecule has 137 heavy (non-hydrogen) atoms. The van der Waals surface area contributed by atoms with Crippen molar-refractivity contribution >= 4 is 151 Å². The standard InChI is InChI=1S/C46H28N4S.C40H24N4S.C36H22N4S/c1-3-11-29(12-4-1)33-17-9-18-35(27-33)44-48-43(32-14-5-2-6-15-32)49-45(50-44)36-23-25-38-34(28-36)22-21-31-24-26-40-42(41(31)38)47-46(51-40)39-20-10-16-30-13-7-8-19-37(30)39;1-3-10-27(11-4-1)37-42-38(28-12-5-2-6-13-28)44-39(43-37)31-19-21-33-30(24-31)17-16-26-20-22-34-36(35(26)33)41-40(45-34)32-18-15-25-9-7-8-14-29(25)23-32;1-4-10-24(11-5-1)33-38-34(25-12-6-2-7-13-25)40-35(39-33)28-18-20-29-27(22-28)17-16-23-19-21-30-32(31(23)29)37-36(41-30)26-14-8-3-9-15-26/h1-28H;1-24H;1-22H. The molecule has 0 bridgehead atoms. The molecular weight excluding hydrogens is 1730 g/mol. The van der Waals surface area contributed by atoms with Gasteiger partial charge < -0.3 is 0 Å². The molecule has 640 valence electrons. The van der Waals surface area contributed by atoms with Gasteiger partial charge in [0.1, 0.15) is 15.0 Å². The highest BCUT2D eigenvalue weighted by molar-refractivity contribution is 7.22. The number of fused-ring (bicyclic) bond motifs is 17. The minimum Gasteiger partial charge on any atom is -0.235 e. The topological polar surface area (TPSA) is 155 Å². The maximum absolute atomic E-state index is 5.30. The third-order valence-corrected chi connectivity index (χ3v) is 28.4. The van der Waals surface area contributed by atoms with Gasteiger partial charge in [-0.05, 0) is 130 Å². The Bertz CT molecular complexity index is 9230. The van der Waals surface area contributed by atoms with Gasteiger partial charge in [-0.25, -0.2) is 59.8 Å².